The molecular formula is C22H20BrNO6. The molecule has 4 rings (SSSR count). The van der Waals surface area contributed by atoms with Gasteiger partial charge in [0.1, 0.15) is 29.8 Å². The number of carbonyl (C=O) groups excluding carboxylic acids is 1. The number of ether oxygens (including phenoxy) is 1. The normalized spacial score (nSPS) is 18.6. The molecule has 0 bridgehead atoms. The second-order valence-electron chi connectivity index (χ2n) is 7.39. The van der Waals surface area contributed by atoms with Crippen LogP contribution in [0.1, 0.15) is 24.2 Å². The van der Waals surface area contributed by atoms with Crippen LogP contribution in [0.4, 0.5) is 0 Å². The molecule has 2 N–H and O–H groups in total. The Kier molecular flexibility index (Phi) is 5.53. The van der Waals surface area contributed by atoms with Crippen LogP contribution in [-0.4, -0.2) is 23.7 Å². The van der Waals surface area contributed by atoms with E-state index in [0.717, 1.165) is 11.3 Å². The Labute approximate surface area is 180 Å². The van der Waals surface area contributed by atoms with Crippen molar-refractivity contribution in [1.82, 2.24) is 0 Å². The Balaban J connectivity index is 1.78. The lowest BCUT2D eigenvalue weighted by Gasteiger charge is -2.23. The molecule has 7 nitrogen and oxygen atoms in total. The number of phenolic OH excluding ortho intramolecular Hbond substituents is 1. The van der Waals surface area contributed by atoms with Gasteiger partial charge in [-0.3, -0.25) is 4.79 Å². The van der Waals surface area contributed by atoms with E-state index in [1.165, 1.54) is 12.1 Å². The van der Waals surface area contributed by atoms with Gasteiger partial charge in [0, 0.05) is 12.8 Å². The molecule has 2 atom stereocenters. The summed E-state index contributed by atoms with van der Waals surface area (Å²) in [7, 11) is 0. The number of likely N-dealkylation sites (tertiary alicyclic amines) is 1. The van der Waals surface area contributed by atoms with Crippen LogP contribution in [-0.2, 0) is 11.3 Å². The minimum atomic E-state index is -1.11. The van der Waals surface area contributed by atoms with Crippen LogP contribution in [0.15, 0.2) is 50.1 Å². The smallest absolute Gasteiger partial charge is 0.235 e. The molecular weight excluding hydrogens is 454 g/mol. The minimum absolute atomic E-state index is 0.0407. The van der Waals surface area contributed by atoms with Gasteiger partial charge in [-0.2, -0.15) is 0 Å². The maximum Gasteiger partial charge on any atom is 0.235 e. The summed E-state index contributed by atoms with van der Waals surface area (Å²) in [5, 5.41) is 22.1. The van der Waals surface area contributed by atoms with Gasteiger partial charge in [-0.15, -0.1) is 0 Å². The number of para-hydroxylation sites is 1. The second-order valence-corrected chi connectivity index (χ2v) is 8.24. The van der Waals surface area contributed by atoms with Crippen molar-refractivity contribution in [3.05, 3.63) is 62.4 Å². The summed E-state index contributed by atoms with van der Waals surface area (Å²) >= 11 is 3.39. The first-order chi connectivity index (χ1) is 14.4. The van der Waals surface area contributed by atoms with E-state index < -0.39 is 12.0 Å². The van der Waals surface area contributed by atoms with Gasteiger partial charge >= 0.3 is 0 Å². The maximum absolute atomic E-state index is 13.1. The SMILES string of the molecule is Cc1oc2c(C[NH+]3CCC[C@@H]3C(=O)[O-])c(O)ccc2c(=O)c1Oc1ccccc1Br. The number of hydrogen-bond donors (Lipinski definition) is 2. The molecule has 2 aromatic carbocycles. The molecule has 1 saturated heterocycles. The molecule has 0 radical (unpaired) electrons. The fraction of sp³-hybridized carbons (Fsp3) is 0.273. The lowest BCUT2D eigenvalue weighted by molar-refractivity contribution is -0.919. The summed E-state index contributed by atoms with van der Waals surface area (Å²) < 4.78 is 12.4. The van der Waals surface area contributed by atoms with Crippen molar-refractivity contribution < 1.29 is 29.1 Å². The van der Waals surface area contributed by atoms with E-state index in [1.54, 1.807) is 25.1 Å². The van der Waals surface area contributed by atoms with E-state index in [4.69, 9.17) is 9.15 Å². The molecule has 0 aliphatic carbocycles. The van der Waals surface area contributed by atoms with Gasteiger partial charge in [0.05, 0.1) is 27.9 Å². The quantitative estimate of drug-likeness (QED) is 0.583. The molecule has 0 saturated carbocycles. The van der Waals surface area contributed by atoms with E-state index in [2.05, 4.69) is 15.9 Å². The van der Waals surface area contributed by atoms with Crippen molar-refractivity contribution in [3.63, 3.8) is 0 Å². The largest absolute Gasteiger partial charge is 0.544 e. The highest BCUT2D eigenvalue weighted by atomic mass is 79.9. The average Bonchev–Trinajstić information content (AvgIpc) is 3.17. The van der Waals surface area contributed by atoms with Gasteiger partial charge in [-0.25, -0.2) is 0 Å². The standard InChI is InChI=1S/C22H20BrNO6/c1-12-20(30-18-7-3-2-5-15(18)23)19(26)13-8-9-17(25)14(21(13)29-12)11-24-10-4-6-16(24)22(27)28/h2-3,5,7-9,16,25H,4,6,10-11H2,1H3,(H,27,28)/t16-/m1/s1. The molecule has 1 aliphatic rings. The van der Waals surface area contributed by atoms with Crippen LogP contribution in [0.25, 0.3) is 11.0 Å². The minimum Gasteiger partial charge on any atom is -0.544 e. The molecule has 0 amide bonds. The summed E-state index contributed by atoms with van der Waals surface area (Å²) in [5.41, 5.74) is 0.287. The predicted molar refractivity (Wildman–Crippen MR) is 111 cm³/mol. The van der Waals surface area contributed by atoms with Gasteiger partial charge < -0.3 is 29.1 Å². The molecule has 1 aromatic heterocycles. The number of halogens is 1. The van der Waals surface area contributed by atoms with Crippen LogP contribution in [0.5, 0.6) is 17.2 Å². The van der Waals surface area contributed by atoms with E-state index in [1.807, 2.05) is 6.07 Å². The first kappa shape index (κ1) is 20.4. The zero-order valence-electron chi connectivity index (χ0n) is 16.2. The van der Waals surface area contributed by atoms with Crippen molar-refractivity contribution >= 4 is 32.9 Å². The lowest BCUT2D eigenvalue weighted by Crippen LogP contribution is -3.14. The number of aromatic hydroxyl groups is 1. The van der Waals surface area contributed by atoms with Crippen molar-refractivity contribution in [1.29, 1.82) is 0 Å². The van der Waals surface area contributed by atoms with E-state index in [0.29, 0.717) is 28.8 Å². The number of quaternary nitrogens is 1. The number of benzene rings is 2. The Morgan fingerprint density at radius 2 is 2.10 bits per heavy atom. The lowest BCUT2D eigenvalue weighted by atomic mass is 10.1. The van der Waals surface area contributed by atoms with Crippen LogP contribution in [0, 0.1) is 6.92 Å². The highest BCUT2D eigenvalue weighted by Crippen LogP contribution is 2.33. The number of carbonyl (C=O) groups is 1. The Hall–Kier alpha value is -2.84. The summed E-state index contributed by atoms with van der Waals surface area (Å²) in [5.74, 6) is -0.343. The fourth-order valence-corrected chi connectivity index (χ4v) is 4.32. The first-order valence-corrected chi connectivity index (χ1v) is 10.4. The summed E-state index contributed by atoms with van der Waals surface area (Å²) in [6.45, 7) is 2.48. The number of phenols is 1. The van der Waals surface area contributed by atoms with Crippen molar-refractivity contribution in [2.45, 2.75) is 32.4 Å². The highest BCUT2D eigenvalue weighted by molar-refractivity contribution is 9.10. The van der Waals surface area contributed by atoms with Gasteiger partial charge in [0.25, 0.3) is 0 Å². The molecule has 156 valence electrons. The predicted octanol–water partition coefficient (Wildman–Crippen LogP) is 1.66. The third-order valence-corrected chi connectivity index (χ3v) is 6.14. The number of fused-ring (bicyclic) bond motifs is 1. The van der Waals surface area contributed by atoms with Crippen LogP contribution >= 0.6 is 15.9 Å². The number of hydrogen-bond acceptors (Lipinski definition) is 6. The number of aryl methyl sites for hydroxylation is 1. The van der Waals surface area contributed by atoms with Crippen LogP contribution in [0.3, 0.4) is 0 Å². The monoisotopic (exact) mass is 473 g/mol. The number of aliphatic carboxylic acids is 1. The van der Waals surface area contributed by atoms with Crippen LogP contribution in [0.2, 0.25) is 0 Å². The maximum atomic E-state index is 13.1. The van der Waals surface area contributed by atoms with Gasteiger partial charge in [-0.05, 0) is 47.1 Å². The van der Waals surface area contributed by atoms with Gasteiger partial charge in [0.2, 0.25) is 11.2 Å². The molecule has 0 spiro atoms. The Morgan fingerprint density at radius 3 is 2.83 bits per heavy atom. The zero-order valence-corrected chi connectivity index (χ0v) is 17.8. The third kappa shape index (κ3) is 3.68. The van der Waals surface area contributed by atoms with Crippen molar-refractivity contribution in [2.24, 2.45) is 0 Å². The van der Waals surface area contributed by atoms with E-state index in [9.17, 15) is 19.8 Å². The number of rotatable bonds is 5. The average molecular weight is 474 g/mol. The fourth-order valence-electron chi connectivity index (χ4n) is 3.96. The van der Waals surface area contributed by atoms with Crippen LogP contribution < -0.4 is 20.2 Å². The molecule has 2 heterocycles. The number of nitrogens with one attached hydrogen (secondary N) is 1. The van der Waals surface area contributed by atoms with E-state index in [-0.39, 0.29) is 40.2 Å². The number of carboxylic acid groups (broad SMARTS) is 1. The molecule has 1 fully saturated rings. The molecule has 3 aromatic rings. The Bertz CT molecular complexity index is 1190. The summed E-state index contributed by atoms with van der Waals surface area (Å²) in [6, 6.07) is 9.42. The summed E-state index contributed by atoms with van der Waals surface area (Å²) in [6.07, 6.45) is 1.28. The third-order valence-electron chi connectivity index (χ3n) is 5.48. The molecule has 30 heavy (non-hydrogen) atoms. The highest BCUT2D eigenvalue weighted by Gasteiger charge is 2.31. The van der Waals surface area contributed by atoms with Gasteiger partial charge in [0.15, 0.2) is 5.58 Å². The Morgan fingerprint density at radius 1 is 1.33 bits per heavy atom. The zero-order chi connectivity index (χ0) is 21.4. The molecule has 1 aliphatic heterocycles. The first-order valence-electron chi connectivity index (χ1n) is 9.63. The summed E-state index contributed by atoms with van der Waals surface area (Å²) in [4.78, 5) is 25.3. The van der Waals surface area contributed by atoms with Gasteiger partial charge in [-0.1, -0.05) is 12.1 Å². The van der Waals surface area contributed by atoms with Crippen molar-refractivity contribution in [2.75, 3.05) is 6.54 Å². The topological polar surface area (TPSA) is 104 Å². The second kappa shape index (κ2) is 8.12. The molecule has 8 heteroatoms. The number of carboxylic acids is 1. The molecule has 1 unspecified atom stereocenters. The van der Waals surface area contributed by atoms with Crippen molar-refractivity contribution in [3.8, 4) is 17.2 Å². The van der Waals surface area contributed by atoms with E-state index >= 15 is 0 Å².